The van der Waals surface area contributed by atoms with Gasteiger partial charge in [-0.2, -0.15) is 5.26 Å². The van der Waals surface area contributed by atoms with Crippen molar-refractivity contribution in [2.24, 2.45) is 5.10 Å². The first-order chi connectivity index (χ1) is 15.2. The molecule has 4 aromatic rings. The molecule has 152 valence electrons. The van der Waals surface area contributed by atoms with Crippen molar-refractivity contribution in [1.29, 1.82) is 5.26 Å². The third kappa shape index (κ3) is 5.06. The molecule has 2 aromatic heterocycles. The van der Waals surface area contributed by atoms with Gasteiger partial charge in [0.2, 0.25) is 4.80 Å². The first-order valence-electron chi connectivity index (χ1n) is 9.23. The van der Waals surface area contributed by atoms with Crippen LogP contribution in [0.3, 0.4) is 0 Å². The molecule has 0 aliphatic carbocycles. The van der Waals surface area contributed by atoms with Crippen molar-refractivity contribution in [3.63, 3.8) is 0 Å². The van der Waals surface area contributed by atoms with E-state index in [4.69, 9.17) is 5.26 Å². The smallest absolute Gasteiger partial charge is 0.250 e. The molecular weight excluding hydrogens is 428 g/mol. The lowest BCUT2D eigenvalue weighted by molar-refractivity contribution is -0.118. The number of thioether (sulfide) groups is 1. The molecule has 0 fully saturated rings. The van der Waals surface area contributed by atoms with Crippen LogP contribution in [0.15, 0.2) is 88.7 Å². The molecule has 4 rings (SSSR count). The van der Waals surface area contributed by atoms with Gasteiger partial charge in [-0.05, 0) is 35.9 Å². The maximum atomic E-state index is 12.3. The predicted octanol–water partition coefficient (Wildman–Crippen LogP) is 3.59. The zero-order valence-corrected chi connectivity index (χ0v) is 17.8. The second-order valence-corrected chi connectivity index (χ2v) is 8.01. The van der Waals surface area contributed by atoms with Crippen LogP contribution in [-0.2, 0) is 4.79 Å². The molecule has 0 radical (unpaired) electrons. The molecule has 0 aliphatic heterocycles. The number of carbonyl (C=O) groups is 1. The first-order valence-corrected chi connectivity index (χ1v) is 11.1. The highest BCUT2D eigenvalue weighted by molar-refractivity contribution is 7.99. The Labute approximate surface area is 186 Å². The fourth-order valence-corrected chi connectivity index (χ4v) is 4.23. The molecule has 31 heavy (non-hydrogen) atoms. The first kappa shape index (κ1) is 20.5. The van der Waals surface area contributed by atoms with Gasteiger partial charge < -0.3 is 0 Å². The molecule has 0 atom stereocenters. The number of benzene rings is 2. The van der Waals surface area contributed by atoms with Crippen LogP contribution in [0.1, 0.15) is 5.56 Å². The standard InChI is InChI=1S/C22H16N6OS2/c23-13-16-7-9-17(10-8-16)19-14-31-22(28(19)18-5-2-1-3-6-18)27-26-20(29)15-30-21-24-11-4-12-25-21/h1-12,14H,15H2,(H,26,29)/b27-22+. The average molecular weight is 445 g/mol. The molecule has 1 N–H and O–H groups in total. The van der Waals surface area contributed by atoms with Crippen molar-refractivity contribution in [3.8, 4) is 23.0 Å². The predicted molar refractivity (Wildman–Crippen MR) is 120 cm³/mol. The zero-order valence-electron chi connectivity index (χ0n) is 16.2. The summed E-state index contributed by atoms with van der Waals surface area (Å²) < 4.78 is 1.97. The normalized spacial score (nSPS) is 11.1. The largest absolute Gasteiger partial charge is 0.284 e. The van der Waals surface area contributed by atoms with E-state index in [0.717, 1.165) is 16.9 Å². The number of nitriles is 1. The second-order valence-electron chi connectivity index (χ2n) is 6.23. The van der Waals surface area contributed by atoms with Crippen LogP contribution in [0.25, 0.3) is 16.9 Å². The Bertz CT molecular complexity index is 1280. The molecule has 0 saturated heterocycles. The number of nitrogens with zero attached hydrogens (tertiary/aromatic N) is 5. The summed E-state index contributed by atoms with van der Waals surface area (Å²) in [4.78, 5) is 21.1. The highest BCUT2D eigenvalue weighted by Crippen LogP contribution is 2.23. The summed E-state index contributed by atoms with van der Waals surface area (Å²) in [5.74, 6) is -0.0856. The zero-order chi connectivity index (χ0) is 21.5. The van der Waals surface area contributed by atoms with Crippen LogP contribution in [0.2, 0.25) is 0 Å². The van der Waals surface area contributed by atoms with Crippen LogP contribution in [-0.4, -0.2) is 26.2 Å². The SMILES string of the molecule is N#Cc1ccc(-c2cs/c(=N/NC(=O)CSc3ncccn3)n2-c2ccccc2)cc1. The summed E-state index contributed by atoms with van der Waals surface area (Å²) in [6, 6.07) is 21.0. The maximum Gasteiger partial charge on any atom is 0.250 e. The minimum atomic E-state index is -0.245. The Morgan fingerprint density at radius 1 is 1.10 bits per heavy atom. The Balaban J connectivity index is 1.62. The molecule has 0 spiro atoms. The third-order valence-electron chi connectivity index (χ3n) is 4.18. The third-order valence-corrected chi connectivity index (χ3v) is 5.88. The van der Waals surface area contributed by atoms with Crippen molar-refractivity contribution in [2.75, 3.05) is 5.75 Å². The molecule has 2 aromatic carbocycles. The number of para-hydroxylation sites is 1. The van der Waals surface area contributed by atoms with Gasteiger partial charge in [0.05, 0.1) is 23.1 Å². The Morgan fingerprint density at radius 3 is 2.55 bits per heavy atom. The molecule has 1 amide bonds. The van der Waals surface area contributed by atoms with Gasteiger partial charge in [-0.25, -0.2) is 15.4 Å². The molecule has 0 aliphatic rings. The van der Waals surface area contributed by atoms with Crippen LogP contribution < -0.4 is 10.2 Å². The van der Waals surface area contributed by atoms with Crippen molar-refractivity contribution in [1.82, 2.24) is 20.0 Å². The number of nitrogens with one attached hydrogen (secondary N) is 1. The van der Waals surface area contributed by atoms with Crippen LogP contribution in [0, 0.1) is 11.3 Å². The van der Waals surface area contributed by atoms with E-state index in [1.807, 2.05) is 52.4 Å². The van der Waals surface area contributed by atoms with Crippen molar-refractivity contribution in [2.45, 2.75) is 5.16 Å². The lowest BCUT2D eigenvalue weighted by Gasteiger charge is -2.09. The number of amides is 1. The average Bonchev–Trinajstić information content (AvgIpc) is 3.26. The lowest BCUT2D eigenvalue weighted by atomic mass is 10.1. The van der Waals surface area contributed by atoms with Gasteiger partial charge in [-0.3, -0.25) is 9.36 Å². The minimum absolute atomic E-state index is 0.159. The van der Waals surface area contributed by atoms with Crippen molar-refractivity contribution < 1.29 is 4.79 Å². The molecule has 9 heteroatoms. The van der Waals surface area contributed by atoms with Crippen LogP contribution in [0.5, 0.6) is 0 Å². The van der Waals surface area contributed by atoms with E-state index in [-0.39, 0.29) is 11.7 Å². The van der Waals surface area contributed by atoms with E-state index in [9.17, 15) is 4.79 Å². The quantitative estimate of drug-likeness (QED) is 0.279. The Kier molecular flexibility index (Phi) is 6.52. The maximum absolute atomic E-state index is 12.3. The van der Waals surface area contributed by atoms with Crippen LogP contribution >= 0.6 is 23.1 Å². The highest BCUT2D eigenvalue weighted by Gasteiger charge is 2.11. The molecule has 7 nitrogen and oxygen atoms in total. The monoisotopic (exact) mass is 444 g/mol. The summed E-state index contributed by atoms with van der Waals surface area (Å²) in [5.41, 5.74) is 6.00. The van der Waals surface area contributed by atoms with Gasteiger partial charge in [-0.1, -0.05) is 42.1 Å². The van der Waals surface area contributed by atoms with E-state index < -0.39 is 0 Å². The van der Waals surface area contributed by atoms with E-state index in [1.165, 1.54) is 23.1 Å². The van der Waals surface area contributed by atoms with Gasteiger partial charge in [-0.15, -0.1) is 16.4 Å². The van der Waals surface area contributed by atoms with E-state index in [1.54, 1.807) is 30.6 Å². The van der Waals surface area contributed by atoms with Gasteiger partial charge in [0.15, 0.2) is 5.16 Å². The number of hydrogen-bond acceptors (Lipinski definition) is 7. The fourth-order valence-electron chi connectivity index (χ4n) is 2.77. The fraction of sp³-hybridized carbons (Fsp3) is 0.0455. The van der Waals surface area contributed by atoms with E-state index in [2.05, 4.69) is 26.6 Å². The Hall–Kier alpha value is -3.74. The number of hydrogen-bond donors (Lipinski definition) is 1. The van der Waals surface area contributed by atoms with E-state index in [0.29, 0.717) is 15.5 Å². The minimum Gasteiger partial charge on any atom is -0.284 e. The van der Waals surface area contributed by atoms with E-state index >= 15 is 0 Å². The lowest BCUT2D eigenvalue weighted by Crippen LogP contribution is -2.25. The van der Waals surface area contributed by atoms with Gasteiger partial charge >= 0.3 is 0 Å². The number of aromatic nitrogens is 3. The molecular formula is C22H16N6OS2. The highest BCUT2D eigenvalue weighted by atomic mass is 32.2. The summed E-state index contributed by atoms with van der Waals surface area (Å²) in [5, 5.41) is 15.9. The number of carbonyl (C=O) groups excluding carboxylic acids is 1. The summed E-state index contributed by atoms with van der Waals surface area (Å²) in [6.45, 7) is 0. The summed E-state index contributed by atoms with van der Waals surface area (Å²) >= 11 is 2.66. The molecule has 0 unspecified atom stereocenters. The number of rotatable bonds is 6. The van der Waals surface area contributed by atoms with Gasteiger partial charge in [0.1, 0.15) is 0 Å². The topological polar surface area (TPSA) is 96.0 Å². The van der Waals surface area contributed by atoms with Crippen molar-refractivity contribution in [3.05, 3.63) is 88.8 Å². The molecule has 2 heterocycles. The second kappa shape index (κ2) is 9.84. The molecule has 0 saturated carbocycles. The van der Waals surface area contributed by atoms with Gasteiger partial charge in [0.25, 0.3) is 5.91 Å². The van der Waals surface area contributed by atoms with Crippen LogP contribution in [0.4, 0.5) is 0 Å². The van der Waals surface area contributed by atoms with Gasteiger partial charge in [0, 0.05) is 23.5 Å². The molecule has 0 bridgehead atoms. The Morgan fingerprint density at radius 2 is 1.84 bits per heavy atom. The number of thiazole rings is 1. The summed E-state index contributed by atoms with van der Waals surface area (Å²) in [6.07, 6.45) is 3.27. The summed E-state index contributed by atoms with van der Waals surface area (Å²) in [7, 11) is 0. The van der Waals surface area contributed by atoms with Crippen molar-refractivity contribution >= 4 is 29.0 Å².